The average Bonchev–Trinajstić information content (AvgIpc) is 2.39. The Labute approximate surface area is 115 Å². The van der Waals surface area contributed by atoms with Gasteiger partial charge in [-0.25, -0.2) is 0 Å². The predicted octanol–water partition coefficient (Wildman–Crippen LogP) is 2.22. The van der Waals surface area contributed by atoms with Crippen LogP contribution in [0.15, 0.2) is 24.3 Å². The molecule has 1 atom stereocenters. The number of hydrogen-bond donors (Lipinski definition) is 0. The Morgan fingerprint density at radius 2 is 2.26 bits per heavy atom. The predicted molar refractivity (Wildman–Crippen MR) is 76.3 cm³/mol. The summed E-state index contributed by atoms with van der Waals surface area (Å²) in [6.07, 6.45) is 0.204. The van der Waals surface area contributed by atoms with Crippen LogP contribution >= 0.6 is 0 Å². The second-order valence-corrected chi connectivity index (χ2v) is 5.58. The van der Waals surface area contributed by atoms with Crippen molar-refractivity contribution in [1.82, 2.24) is 4.90 Å². The van der Waals surface area contributed by atoms with Crippen molar-refractivity contribution < 1.29 is 9.53 Å². The summed E-state index contributed by atoms with van der Waals surface area (Å²) in [4.78, 5) is 14.6. The molecule has 0 radical (unpaired) electrons. The van der Waals surface area contributed by atoms with Gasteiger partial charge in [0.2, 0.25) is 0 Å². The third kappa shape index (κ3) is 3.88. The van der Waals surface area contributed by atoms with Crippen molar-refractivity contribution in [3.05, 3.63) is 35.4 Å². The van der Waals surface area contributed by atoms with E-state index in [-0.39, 0.29) is 11.9 Å². The normalized spacial score (nSPS) is 20.7. The summed E-state index contributed by atoms with van der Waals surface area (Å²) in [5, 5.41) is 0. The number of hydrogen-bond acceptors (Lipinski definition) is 3. The molecule has 1 aromatic carbocycles. The minimum Gasteiger partial charge on any atom is -0.368 e. The van der Waals surface area contributed by atoms with E-state index in [4.69, 9.17) is 4.74 Å². The van der Waals surface area contributed by atoms with Gasteiger partial charge in [0.15, 0.2) is 5.78 Å². The lowest BCUT2D eigenvalue weighted by Crippen LogP contribution is -2.49. The highest BCUT2D eigenvalue weighted by atomic mass is 16.5. The van der Waals surface area contributed by atoms with Crippen LogP contribution in [0.4, 0.5) is 0 Å². The van der Waals surface area contributed by atoms with E-state index in [0.29, 0.717) is 19.1 Å². The lowest BCUT2D eigenvalue weighted by Gasteiger charge is -2.34. The SMILES string of the molecule is Cc1cccc(CC(=O)C2CN(C(C)C)CCO2)c1. The van der Waals surface area contributed by atoms with Crippen molar-refractivity contribution >= 4 is 5.78 Å². The highest BCUT2D eigenvalue weighted by Gasteiger charge is 2.27. The summed E-state index contributed by atoms with van der Waals surface area (Å²) < 4.78 is 5.63. The number of ether oxygens (including phenoxy) is 1. The lowest BCUT2D eigenvalue weighted by atomic mass is 10.0. The molecule has 3 heteroatoms. The molecule has 0 N–H and O–H groups in total. The standard InChI is InChI=1S/C16H23NO2/c1-12(2)17-7-8-19-16(11-17)15(18)10-14-6-4-5-13(3)9-14/h4-6,9,12,16H,7-8,10-11H2,1-3H3. The molecule has 1 fully saturated rings. The number of carbonyl (C=O) groups is 1. The van der Waals surface area contributed by atoms with Crippen molar-refractivity contribution in [3.63, 3.8) is 0 Å². The second kappa shape index (κ2) is 6.31. The van der Waals surface area contributed by atoms with Crippen LogP contribution in [0.5, 0.6) is 0 Å². The third-order valence-electron chi connectivity index (χ3n) is 3.65. The van der Waals surface area contributed by atoms with Crippen LogP contribution < -0.4 is 0 Å². The number of ketones is 1. The molecular formula is C16H23NO2. The molecule has 0 spiro atoms. The Morgan fingerprint density at radius 3 is 2.95 bits per heavy atom. The van der Waals surface area contributed by atoms with Crippen LogP contribution in [-0.4, -0.2) is 42.5 Å². The molecule has 0 bridgehead atoms. The van der Waals surface area contributed by atoms with E-state index in [1.807, 2.05) is 25.1 Å². The number of nitrogens with zero attached hydrogens (tertiary/aromatic N) is 1. The molecule has 1 saturated heterocycles. The highest BCUT2D eigenvalue weighted by Crippen LogP contribution is 2.13. The van der Waals surface area contributed by atoms with E-state index in [0.717, 1.165) is 18.7 Å². The van der Waals surface area contributed by atoms with Gasteiger partial charge in [-0.05, 0) is 26.3 Å². The first-order valence-electron chi connectivity index (χ1n) is 7.00. The minimum atomic E-state index is -0.267. The first kappa shape index (κ1) is 14.2. The topological polar surface area (TPSA) is 29.5 Å². The maximum absolute atomic E-state index is 12.3. The van der Waals surface area contributed by atoms with E-state index in [1.54, 1.807) is 0 Å². The largest absolute Gasteiger partial charge is 0.368 e. The smallest absolute Gasteiger partial charge is 0.167 e. The van der Waals surface area contributed by atoms with Gasteiger partial charge in [0.05, 0.1) is 6.61 Å². The van der Waals surface area contributed by atoms with Crippen molar-refractivity contribution in [2.45, 2.75) is 39.3 Å². The molecule has 1 aliphatic rings. The van der Waals surface area contributed by atoms with E-state index in [9.17, 15) is 4.79 Å². The summed E-state index contributed by atoms with van der Waals surface area (Å²) in [6.45, 7) is 8.67. The summed E-state index contributed by atoms with van der Waals surface area (Å²) in [7, 11) is 0. The zero-order valence-electron chi connectivity index (χ0n) is 12.1. The van der Waals surface area contributed by atoms with Gasteiger partial charge in [0.1, 0.15) is 6.10 Å². The molecule has 1 aliphatic heterocycles. The molecule has 1 heterocycles. The molecule has 0 saturated carbocycles. The van der Waals surface area contributed by atoms with E-state index in [1.165, 1.54) is 5.56 Å². The Kier molecular flexibility index (Phi) is 4.72. The van der Waals surface area contributed by atoms with Crippen LogP contribution in [0, 0.1) is 6.92 Å². The van der Waals surface area contributed by atoms with Gasteiger partial charge in [-0.3, -0.25) is 9.69 Å². The number of carbonyl (C=O) groups excluding carboxylic acids is 1. The second-order valence-electron chi connectivity index (χ2n) is 5.58. The molecule has 19 heavy (non-hydrogen) atoms. The molecule has 3 nitrogen and oxygen atoms in total. The van der Waals surface area contributed by atoms with Gasteiger partial charge in [-0.1, -0.05) is 29.8 Å². The van der Waals surface area contributed by atoms with Gasteiger partial charge < -0.3 is 4.74 Å². The maximum Gasteiger partial charge on any atom is 0.167 e. The number of aryl methyl sites for hydroxylation is 1. The summed E-state index contributed by atoms with van der Waals surface area (Å²) in [5.41, 5.74) is 2.27. The Bertz CT molecular complexity index is 442. The van der Waals surface area contributed by atoms with Gasteiger partial charge >= 0.3 is 0 Å². The molecule has 104 valence electrons. The molecule has 0 aromatic heterocycles. The molecule has 0 amide bonds. The molecule has 2 rings (SSSR count). The Balaban J connectivity index is 1.96. The first-order chi connectivity index (χ1) is 9.06. The summed E-state index contributed by atoms with van der Waals surface area (Å²) in [5.74, 6) is 0.191. The number of Topliss-reactive ketones (excluding diaryl/α,β-unsaturated/α-hetero) is 1. The Hall–Kier alpha value is -1.19. The van der Waals surface area contributed by atoms with E-state index < -0.39 is 0 Å². The fraction of sp³-hybridized carbons (Fsp3) is 0.562. The van der Waals surface area contributed by atoms with E-state index in [2.05, 4.69) is 24.8 Å². The van der Waals surface area contributed by atoms with Gasteiger partial charge in [0, 0.05) is 25.6 Å². The van der Waals surface area contributed by atoms with Gasteiger partial charge in [-0.15, -0.1) is 0 Å². The average molecular weight is 261 g/mol. The van der Waals surface area contributed by atoms with E-state index >= 15 is 0 Å². The third-order valence-corrected chi connectivity index (χ3v) is 3.65. The molecule has 0 aliphatic carbocycles. The van der Waals surface area contributed by atoms with Crippen LogP contribution in [0.25, 0.3) is 0 Å². The van der Waals surface area contributed by atoms with Crippen molar-refractivity contribution in [3.8, 4) is 0 Å². The van der Waals surface area contributed by atoms with Crippen molar-refractivity contribution in [1.29, 1.82) is 0 Å². The van der Waals surface area contributed by atoms with Gasteiger partial charge in [0.25, 0.3) is 0 Å². The van der Waals surface area contributed by atoms with Crippen molar-refractivity contribution in [2.24, 2.45) is 0 Å². The molecule has 1 unspecified atom stereocenters. The fourth-order valence-corrected chi connectivity index (χ4v) is 2.47. The Morgan fingerprint density at radius 1 is 1.47 bits per heavy atom. The molecule has 1 aromatic rings. The minimum absolute atomic E-state index is 0.191. The quantitative estimate of drug-likeness (QED) is 0.832. The van der Waals surface area contributed by atoms with Crippen molar-refractivity contribution in [2.75, 3.05) is 19.7 Å². The summed E-state index contributed by atoms with van der Waals surface area (Å²) in [6, 6.07) is 8.60. The number of rotatable bonds is 4. The first-order valence-corrected chi connectivity index (χ1v) is 7.00. The monoisotopic (exact) mass is 261 g/mol. The fourth-order valence-electron chi connectivity index (χ4n) is 2.47. The van der Waals surface area contributed by atoms with Gasteiger partial charge in [-0.2, -0.15) is 0 Å². The zero-order chi connectivity index (χ0) is 13.8. The van der Waals surface area contributed by atoms with Crippen LogP contribution in [-0.2, 0) is 16.0 Å². The highest BCUT2D eigenvalue weighted by molar-refractivity contribution is 5.85. The van der Waals surface area contributed by atoms with Crippen LogP contribution in [0.2, 0.25) is 0 Å². The maximum atomic E-state index is 12.3. The summed E-state index contributed by atoms with van der Waals surface area (Å²) >= 11 is 0. The molecular weight excluding hydrogens is 238 g/mol. The number of morpholine rings is 1. The lowest BCUT2D eigenvalue weighted by molar-refractivity contribution is -0.136. The van der Waals surface area contributed by atoms with Crippen LogP contribution in [0.1, 0.15) is 25.0 Å². The zero-order valence-corrected chi connectivity index (χ0v) is 12.1. The van der Waals surface area contributed by atoms with Crippen LogP contribution in [0.3, 0.4) is 0 Å². The number of benzene rings is 1.